The van der Waals surface area contributed by atoms with Crippen molar-refractivity contribution >= 4 is 11.9 Å². The van der Waals surface area contributed by atoms with Crippen LogP contribution in [0.25, 0.3) is 11.3 Å². The average Bonchev–Trinajstić information content (AvgIpc) is 3.29. The summed E-state index contributed by atoms with van der Waals surface area (Å²) in [6, 6.07) is 21.4. The van der Waals surface area contributed by atoms with Crippen molar-refractivity contribution in [3.8, 4) is 11.3 Å². The number of benzene rings is 2. The number of rotatable bonds is 10. The lowest BCUT2D eigenvalue weighted by atomic mass is 10.1. The van der Waals surface area contributed by atoms with Crippen LogP contribution in [0.1, 0.15) is 24.2 Å². The first-order valence-electron chi connectivity index (χ1n) is 10.8. The van der Waals surface area contributed by atoms with Crippen LogP contribution in [0.2, 0.25) is 0 Å². The van der Waals surface area contributed by atoms with Crippen LogP contribution in [0, 0.1) is 0 Å². The van der Waals surface area contributed by atoms with E-state index in [4.69, 9.17) is 4.52 Å². The van der Waals surface area contributed by atoms with Crippen molar-refractivity contribution < 1.29 is 14.1 Å². The Morgan fingerprint density at radius 3 is 2.38 bits per heavy atom. The summed E-state index contributed by atoms with van der Waals surface area (Å²) in [5.41, 5.74) is 2.90. The van der Waals surface area contributed by atoms with Crippen LogP contribution >= 0.6 is 0 Å². The second-order valence-electron chi connectivity index (χ2n) is 7.79. The molecule has 0 aliphatic carbocycles. The highest BCUT2D eigenvalue weighted by atomic mass is 16.5. The summed E-state index contributed by atoms with van der Waals surface area (Å²) >= 11 is 0. The minimum atomic E-state index is -0.191. The Hall–Kier alpha value is -3.61. The fourth-order valence-corrected chi connectivity index (χ4v) is 3.32. The first-order chi connectivity index (χ1) is 15.5. The minimum Gasteiger partial charge on any atom is -0.361 e. The molecule has 1 aromatic heterocycles. The van der Waals surface area contributed by atoms with E-state index in [1.807, 2.05) is 66.7 Å². The van der Waals surface area contributed by atoms with Crippen LogP contribution in [0.15, 0.2) is 71.3 Å². The highest BCUT2D eigenvalue weighted by molar-refractivity contribution is 5.78. The molecule has 32 heavy (non-hydrogen) atoms. The zero-order chi connectivity index (χ0) is 22.8. The first kappa shape index (κ1) is 23.1. The predicted octanol–water partition coefficient (Wildman–Crippen LogP) is 3.96. The standard InChI is InChI=1S/C25H30N4O3/c1-28(17-9-14-22-18-23(27-32-22)21-12-7-4-8-13-21)24(30)15-16-26-25(31)29(2)19-20-10-5-3-6-11-20/h3-8,10-13,18H,9,14-17,19H2,1-2H3,(H,26,31). The van der Waals surface area contributed by atoms with Gasteiger partial charge in [0.2, 0.25) is 5.91 Å². The summed E-state index contributed by atoms with van der Waals surface area (Å²) in [6.45, 7) is 1.44. The highest BCUT2D eigenvalue weighted by Crippen LogP contribution is 2.19. The van der Waals surface area contributed by atoms with Crippen LogP contribution in [-0.2, 0) is 17.8 Å². The van der Waals surface area contributed by atoms with E-state index < -0.39 is 0 Å². The quantitative estimate of drug-likeness (QED) is 0.524. The lowest BCUT2D eigenvalue weighted by Gasteiger charge is -2.19. The minimum absolute atomic E-state index is 0.00134. The number of carbonyl (C=O) groups excluding carboxylic acids is 2. The Labute approximate surface area is 189 Å². The molecule has 1 heterocycles. The normalized spacial score (nSPS) is 10.6. The number of amides is 3. The van der Waals surface area contributed by atoms with Crippen molar-refractivity contribution in [2.24, 2.45) is 0 Å². The van der Waals surface area contributed by atoms with E-state index in [1.54, 1.807) is 23.9 Å². The molecular weight excluding hydrogens is 404 g/mol. The molecule has 0 bridgehead atoms. The molecule has 1 N–H and O–H groups in total. The molecule has 0 saturated carbocycles. The van der Waals surface area contributed by atoms with E-state index in [9.17, 15) is 9.59 Å². The Kier molecular flexibility index (Phi) is 8.43. The van der Waals surface area contributed by atoms with Crippen LogP contribution in [0.4, 0.5) is 4.79 Å². The van der Waals surface area contributed by atoms with Gasteiger partial charge in [-0.25, -0.2) is 4.79 Å². The number of urea groups is 1. The van der Waals surface area contributed by atoms with E-state index in [2.05, 4.69) is 10.5 Å². The monoisotopic (exact) mass is 434 g/mol. The van der Waals surface area contributed by atoms with Gasteiger partial charge in [0.05, 0.1) is 0 Å². The van der Waals surface area contributed by atoms with Gasteiger partial charge >= 0.3 is 6.03 Å². The summed E-state index contributed by atoms with van der Waals surface area (Å²) in [5, 5.41) is 6.92. The smallest absolute Gasteiger partial charge is 0.317 e. The van der Waals surface area contributed by atoms with E-state index in [1.165, 1.54) is 0 Å². The van der Waals surface area contributed by atoms with Gasteiger partial charge in [-0.05, 0) is 12.0 Å². The fraction of sp³-hybridized carbons (Fsp3) is 0.320. The van der Waals surface area contributed by atoms with Gasteiger partial charge in [-0.1, -0.05) is 65.8 Å². The summed E-state index contributed by atoms with van der Waals surface area (Å²) in [4.78, 5) is 27.8. The fourth-order valence-electron chi connectivity index (χ4n) is 3.32. The molecule has 3 amide bonds. The Morgan fingerprint density at radius 2 is 1.66 bits per heavy atom. The Balaban J connectivity index is 1.33. The van der Waals surface area contributed by atoms with E-state index in [-0.39, 0.29) is 18.4 Å². The molecule has 3 aromatic rings. The van der Waals surface area contributed by atoms with E-state index >= 15 is 0 Å². The largest absolute Gasteiger partial charge is 0.361 e. The van der Waals surface area contributed by atoms with E-state index in [0.717, 1.165) is 29.0 Å². The molecule has 2 aromatic carbocycles. The molecule has 7 heteroatoms. The third-order valence-corrected chi connectivity index (χ3v) is 5.20. The van der Waals surface area contributed by atoms with Gasteiger partial charge in [0.1, 0.15) is 11.5 Å². The second kappa shape index (κ2) is 11.7. The number of nitrogens with zero attached hydrogens (tertiary/aromatic N) is 3. The molecule has 0 aliphatic rings. The molecule has 0 atom stereocenters. The third kappa shape index (κ3) is 6.97. The van der Waals surface area contributed by atoms with Crippen LogP contribution in [-0.4, -0.2) is 54.1 Å². The summed E-state index contributed by atoms with van der Waals surface area (Å²) in [7, 11) is 3.52. The summed E-state index contributed by atoms with van der Waals surface area (Å²) in [5.74, 6) is 0.803. The maximum Gasteiger partial charge on any atom is 0.317 e. The van der Waals surface area contributed by atoms with Gasteiger partial charge in [-0.3, -0.25) is 4.79 Å². The lowest BCUT2D eigenvalue weighted by molar-refractivity contribution is -0.129. The SMILES string of the molecule is CN(CCCc1cc(-c2ccccc2)no1)C(=O)CCNC(=O)N(C)Cc1ccccc1. The number of hydrogen-bond acceptors (Lipinski definition) is 4. The number of nitrogens with one attached hydrogen (secondary N) is 1. The highest BCUT2D eigenvalue weighted by Gasteiger charge is 2.13. The summed E-state index contributed by atoms with van der Waals surface area (Å²) in [6.07, 6.45) is 1.75. The third-order valence-electron chi connectivity index (χ3n) is 5.20. The van der Waals surface area contributed by atoms with Gasteiger partial charge in [0, 0.05) is 58.2 Å². The van der Waals surface area contributed by atoms with Gasteiger partial charge in [-0.15, -0.1) is 0 Å². The lowest BCUT2D eigenvalue weighted by Crippen LogP contribution is -2.39. The average molecular weight is 435 g/mol. The zero-order valence-corrected chi connectivity index (χ0v) is 18.7. The van der Waals surface area contributed by atoms with Gasteiger partial charge < -0.3 is 19.6 Å². The Bertz CT molecular complexity index is 989. The Morgan fingerprint density at radius 1 is 0.969 bits per heavy atom. The molecule has 0 fully saturated rings. The van der Waals surface area contributed by atoms with Gasteiger partial charge in [-0.2, -0.15) is 0 Å². The van der Waals surface area contributed by atoms with Crippen molar-refractivity contribution in [3.63, 3.8) is 0 Å². The zero-order valence-electron chi connectivity index (χ0n) is 18.7. The molecular formula is C25H30N4O3. The molecule has 7 nitrogen and oxygen atoms in total. The molecule has 0 radical (unpaired) electrons. The maximum absolute atomic E-state index is 12.3. The van der Waals surface area contributed by atoms with Crippen molar-refractivity contribution in [2.75, 3.05) is 27.2 Å². The van der Waals surface area contributed by atoms with Crippen LogP contribution < -0.4 is 5.32 Å². The molecule has 3 rings (SSSR count). The first-order valence-corrected chi connectivity index (χ1v) is 10.8. The molecule has 0 aliphatic heterocycles. The number of hydrogen-bond donors (Lipinski definition) is 1. The van der Waals surface area contributed by atoms with Gasteiger partial charge in [0.15, 0.2) is 0 Å². The number of carbonyl (C=O) groups is 2. The van der Waals surface area contributed by atoms with Gasteiger partial charge in [0.25, 0.3) is 0 Å². The topological polar surface area (TPSA) is 78.7 Å². The van der Waals surface area contributed by atoms with Crippen molar-refractivity contribution in [1.82, 2.24) is 20.3 Å². The molecule has 0 saturated heterocycles. The molecule has 0 unspecified atom stereocenters. The molecule has 0 spiro atoms. The van der Waals surface area contributed by atoms with E-state index in [0.29, 0.717) is 26.1 Å². The maximum atomic E-state index is 12.3. The van der Waals surface area contributed by atoms with Crippen molar-refractivity contribution in [2.45, 2.75) is 25.8 Å². The van der Waals surface area contributed by atoms with Crippen LogP contribution in [0.3, 0.4) is 0 Å². The number of aromatic nitrogens is 1. The van der Waals surface area contributed by atoms with Crippen molar-refractivity contribution in [1.29, 1.82) is 0 Å². The van der Waals surface area contributed by atoms with Crippen molar-refractivity contribution in [3.05, 3.63) is 78.1 Å². The van der Waals surface area contributed by atoms with Crippen LogP contribution in [0.5, 0.6) is 0 Å². The summed E-state index contributed by atoms with van der Waals surface area (Å²) < 4.78 is 5.41. The predicted molar refractivity (Wildman–Crippen MR) is 124 cm³/mol. The number of aryl methyl sites for hydroxylation is 1. The molecule has 168 valence electrons. The second-order valence-corrected chi connectivity index (χ2v) is 7.79.